The Kier molecular flexibility index (Phi) is 4.00. The molecule has 0 saturated carbocycles. The molecule has 0 spiro atoms. The molecular weight excluding hydrogens is 206 g/mol. The van der Waals surface area contributed by atoms with Gasteiger partial charge in [-0.2, -0.15) is 0 Å². The molecule has 1 aliphatic rings. The topological polar surface area (TPSA) is 119 Å². The lowest BCUT2D eigenvalue weighted by atomic mass is 9.97. The predicted octanol–water partition coefficient (Wildman–Crippen LogP) is -3.08. The van der Waals surface area contributed by atoms with Gasteiger partial charge in [0.25, 0.3) is 0 Å². The van der Waals surface area contributed by atoms with Gasteiger partial charge in [-0.25, -0.2) is 0 Å². The summed E-state index contributed by atoms with van der Waals surface area (Å²) in [6.45, 7) is 0.687. The summed E-state index contributed by atoms with van der Waals surface area (Å²) >= 11 is 0. The predicted molar refractivity (Wildman–Crippen MR) is 47.6 cm³/mol. The maximum atomic E-state index is 10.7. The smallest absolute Gasteiger partial charge is 0.217 e. The van der Waals surface area contributed by atoms with Crippen LogP contribution in [-0.4, -0.2) is 63.6 Å². The Bertz CT molecular complexity index is 235. The van der Waals surface area contributed by atoms with Crippen LogP contribution in [0.2, 0.25) is 0 Å². The monoisotopic (exact) mass is 221 g/mol. The molecule has 7 heteroatoms. The second-order valence-corrected chi connectivity index (χ2v) is 3.46. The summed E-state index contributed by atoms with van der Waals surface area (Å²) in [4.78, 5) is 10.7. The third-order valence-electron chi connectivity index (χ3n) is 2.27. The maximum absolute atomic E-state index is 10.7. The molecule has 0 aromatic carbocycles. The van der Waals surface area contributed by atoms with Gasteiger partial charge < -0.3 is 30.5 Å². The molecule has 88 valence electrons. The number of hydrogen-bond acceptors (Lipinski definition) is 6. The molecule has 0 aromatic heterocycles. The molecule has 1 aliphatic heterocycles. The van der Waals surface area contributed by atoms with Crippen molar-refractivity contribution in [2.45, 2.75) is 37.6 Å². The van der Waals surface area contributed by atoms with Gasteiger partial charge >= 0.3 is 0 Å². The Morgan fingerprint density at radius 1 is 1.33 bits per heavy atom. The fourth-order valence-electron chi connectivity index (χ4n) is 1.49. The SMILES string of the molecule is CC(=O)N[C@@H]1[C@@H](O)[C@@H](O)[C@H](CO)O[C@@H]1O. The first kappa shape index (κ1) is 12.3. The van der Waals surface area contributed by atoms with Gasteiger partial charge in [0, 0.05) is 6.92 Å². The summed E-state index contributed by atoms with van der Waals surface area (Å²) in [6, 6.07) is -1.10. The van der Waals surface area contributed by atoms with Crippen molar-refractivity contribution >= 4 is 5.91 Å². The summed E-state index contributed by atoms with van der Waals surface area (Å²) in [5.41, 5.74) is 0. The van der Waals surface area contributed by atoms with E-state index in [1.165, 1.54) is 6.92 Å². The fourth-order valence-corrected chi connectivity index (χ4v) is 1.49. The zero-order valence-electron chi connectivity index (χ0n) is 8.20. The number of aliphatic hydroxyl groups is 4. The van der Waals surface area contributed by atoms with Crippen molar-refractivity contribution in [3.05, 3.63) is 0 Å². The molecule has 1 rings (SSSR count). The Hall–Kier alpha value is -0.730. The van der Waals surface area contributed by atoms with Crippen molar-refractivity contribution in [2.24, 2.45) is 0 Å². The average Bonchev–Trinajstić information content (AvgIpc) is 2.18. The zero-order chi connectivity index (χ0) is 11.6. The average molecular weight is 221 g/mol. The normalized spacial score (nSPS) is 41.3. The van der Waals surface area contributed by atoms with E-state index >= 15 is 0 Å². The van der Waals surface area contributed by atoms with Gasteiger partial charge in [0.05, 0.1) is 6.61 Å². The Morgan fingerprint density at radius 3 is 2.40 bits per heavy atom. The van der Waals surface area contributed by atoms with Gasteiger partial charge in [-0.1, -0.05) is 0 Å². The molecule has 0 bridgehead atoms. The molecule has 1 heterocycles. The summed E-state index contributed by atoms with van der Waals surface area (Å²) in [6.07, 6.45) is -5.24. The largest absolute Gasteiger partial charge is 0.394 e. The second-order valence-electron chi connectivity index (χ2n) is 3.46. The lowest BCUT2D eigenvalue weighted by Crippen LogP contribution is -2.63. The highest BCUT2D eigenvalue weighted by Gasteiger charge is 2.43. The number of aliphatic hydroxyl groups excluding tert-OH is 4. The van der Waals surface area contributed by atoms with Crippen LogP contribution in [0.5, 0.6) is 0 Å². The van der Waals surface area contributed by atoms with Crippen LogP contribution in [0.4, 0.5) is 0 Å². The molecule has 7 nitrogen and oxygen atoms in total. The minimum absolute atomic E-state index is 0.462. The van der Waals surface area contributed by atoms with Gasteiger partial charge in [-0.05, 0) is 0 Å². The van der Waals surface area contributed by atoms with Crippen LogP contribution in [0.1, 0.15) is 6.92 Å². The summed E-state index contributed by atoms with van der Waals surface area (Å²) in [7, 11) is 0. The van der Waals surface area contributed by atoms with Crippen molar-refractivity contribution < 1.29 is 30.0 Å². The van der Waals surface area contributed by atoms with Crippen molar-refractivity contribution in [1.82, 2.24) is 5.32 Å². The third kappa shape index (κ3) is 2.64. The van der Waals surface area contributed by atoms with E-state index in [1.807, 2.05) is 0 Å². The van der Waals surface area contributed by atoms with Crippen molar-refractivity contribution in [1.29, 1.82) is 0 Å². The number of hydrogen-bond donors (Lipinski definition) is 5. The zero-order valence-corrected chi connectivity index (χ0v) is 8.20. The van der Waals surface area contributed by atoms with E-state index in [0.29, 0.717) is 0 Å². The van der Waals surface area contributed by atoms with Gasteiger partial charge in [-0.3, -0.25) is 4.79 Å². The summed E-state index contributed by atoms with van der Waals surface area (Å²) < 4.78 is 4.81. The van der Waals surface area contributed by atoms with Crippen LogP contribution in [0.25, 0.3) is 0 Å². The molecule has 1 saturated heterocycles. The number of ether oxygens (including phenoxy) is 1. The highest BCUT2D eigenvalue weighted by molar-refractivity contribution is 5.73. The van der Waals surface area contributed by atoms with Crippen molar-refractivity contribution in [3.8, 4) is 0 Å². The molecule has 1 amide bonds. The van der Waals surface area contributed by atoms with Crippen LogP contribution < -0.4 is 5.32 Å². The lowest BCUT2D eigenvalue weighted by Gasteiger charge is -2.40. The van der Waals surface area contributed by atoms with E-state index in [9.17, 15) is 20.1 Å². The van der Waals surface area contributed by atoms with Gasteiger partial charge in [0.2, 0.25) is 5.91 Å². The number of nitrogens with one attached hydrogen (secondary N) is 1. The Balaban J connectivity index is 2.70. The minimum atomic E-state index is -1.45. The second kappa shape index (κ2) is 4.86. The van der Waals surface area contributed by atoms with Crippen molar-refractivity contribution in [2.75, 3.05) is 6.61 Å². The first-order valence-corrected chi connectivity index (χ1v) is 4.55. The molecule has 15 heavy (non-hydrogen) atoms. The fraction of sp³-hybridized carbons (Fsp3) is 0.875. The van der Waals surface area contributed by atoms with Crippen LogP contribution in [-0.2, 0) is 9.53 Å². The van der Waals surface area contributed by atoms with E-state index < -0.39 is 43.2 Å². The Labute approximate surface area is 86.3 Å². The highest BCUT2D eigenvalue weighted by atomic mass is 16.6. The van der Waals surface area contributed by atoms with E-state index in [-0.39, 0.29) is 0 Å². The molecule has 0 aliphatic carbocycles. The van der Waals surface area contributed by atoms with E-state index in [2.05, 4.69) is 5.32 Å². The van der Waals surface area contributed by atoms with E-state index in [1.54, 1.807) is 0 Å². The van der Waals surface area contributed by atoms with Crippen LogP contribution in [0, 0.1) is 0 Å². The first-order chi connectivity index (χ1) is 6.97. The van der Waals surface area contributed by atoms with Gasteiger partial charge in [0.15, 0.2) is 6.29 Å². The molecule has 5 atom stereocenters. The van der Waals surface area contributed by atoms with Gasteiger partial charge in [0.1, 0.15) is 24.4 Å². The number of carbonyl (C=O) groups is 1. The maximum Gasteiger partial charge on any atom is 0.217 e. The molecule has 0 aromatic rings. The number of rotatable bonds is 2. The van der Waals surface area contributed by atoms with E-state index in [4.69, 9.17) is 9.84 Å². The third-order valence-corrected chi connectivity index (χ3v) is 2.27. The molecule has 0 radical (unpaired) electrons. The minimum Gasteiger partial charge on any atom is -0.394 e. The van der Waals surface area contributed by atoms with Crippen LogP contribution >= 0.6 is 0 Å². The number of amides is 1. The van der Waals surface area contributed by atoms with Crippen molar-refractivity contribution in [3.63, 3.8) is 0 Å². The van der Waals surface area contributed by atoms with Crippen LogP contribution in [0.15, 0.2) is 0 Å². The summed E-state index contributed by atoms with van der Waals surface area (Å²) in [5.74, 6) is -0.462. The molecule has 5 N–H and O–H groups in total. The van der Waals surface area contributed by atoms with E-state index in [0.717, 1.165) is 0 Å². The Morgan fingerprint density at radius 2 is 1.93 bits per heavy atom. The van der Waals surface area contributed by atoms with Gasteiger partial charge in [-0.15, -0.1) is 0 Å². The highest BCUT2D eigenvalue weighted by Crippen LogP contribution is 2.19. The van der Waals surface area contributed by atoms with Crippen LogP contribution in [0.3, 0.4) is 0 Å². The standard InChI is InChI=1S/C8H15NO6/c1-3(11)9-5-7(13)6(12)4(2-10)15-8(5)14/h4-8,10,12-14H,2H2,1H3,(H,9,11)/t4-,5+,6-,7+,8-/m0/s1. The molecular formula is C8H15NO6. The lowest BCUT2D eigenvalue weighted by molar-refractivity contribution is -0.253. The molecule has 0 unspecified atom stereocenters. The number of carbonyl (C=O) groups excluding carboxylic acids is 1. The quantitative estimate of drug-likeness (QED) is 0.337. The molecule has 1 fully saturated rings. The first-order valence-electron chi connectivity index (χ1n) is 4.55. The summed E-state index contributed by atoms with van der Waals surface area (Å²) in [5, 5.41) is 39.4.